The molecule has 0 aliphatic carbocycles. The van der Waals surface area contributed by atoms with E-state index in [9.17, 15) is 9.90 Å². The molecule has 0 spiro atoms. The molecule has 3 nitrogen and oxygen atoms in total. The van der Waals surface area contributed by atoms with Gasteiger partial charge in [0.2, 0.25) is 0 Å². The Morgan fingerprint density at radius 2 is 2.06 bits per heavy atom. The first-order valence-corrected chi connectivity index (χ1v) is 6.36. The summed E-state index contributed by atoms with van der Waals surface area (Å²) in [4.78, 5) is 11.9. The minimum absolute atomic E-state index is 0.0941. The highest BCUT2D eigenvalue weighted by atomic mass is 35.5. The van der Waals surface area contributed by atoms with E-state index in [1.165, 1.54) is 12.1 Å². The average Bonchev–Trinajstić information content (AvgIpc) is 2.24. The van der Waals surface area contributed by atoms with Gasteiger partial charge in [-0.25, -0.2) is 0 Å². The maximum atomic E-state index is 11.9. The van der Waals surface area contributed by atoms with Crippen LogP contribution < -0.4 is 5.32 Å². The minimum atomic E-state index is -0.278. The van der Waals surface area contributed by atoms with Crippen LogP contribution in [0.25, 0.3) is 0 Å². The Morgan fingerprint density at radius 3 is 2.56 bits per heavy atom. The maximum Gasteiger partial charge on any atom is 0.255 e. The normalized spacial score (nSPS) is 13.2. The number of phenols is 1. The van der Waals surface area contributed by atoms with Crippen molar-refractivity contribution in [3.63, 3.8) is 0 Å². The van der Waals surface area contributed by atoms with Gasteiger partial charge in [0.15, 0.2) is 0 Å². The van der Waals surface area contributed by atoms with Crippen molar-refractivity contribution in [2.45, 2.75) is 27.7 Å². The first kappa shape index (κ1) is 14.8. The van der Waals surface area contributed by atoms with Gasteiger partial charge in [-0.3, -0.25) is 4.79 Å². The van der Waals surface area contributed by atoms with Crippen LogP contribution in [0.1, 0.15) is 38.1 Å². The third kappa shape index (κ3) is 3.91. The van der Waals surface area contributed by atoms with Crippen molar-refractivity contribution in [3.8, 4) is 5.75 Å². The number of aromatic hydroxyl groups is 1. The predicted octanol–water partition coefficient (Wildman–Crippen LogP) is 3.46. The van der Waals surface area contributed by atoms with E-state index in [1.807, 2.05) is 0 Å². The standard InChI is InChI=1S/C14H20ClNO2/c1-9(14(2,3)4)8-16-13(18)11-6-5-10(15)7-12(11)17/h5-7,9,17H,8H2,1-4H3,(H,16,18). The molecule has 0 aromatic heterocycles. The third-order valence-corrected chi connectivity index (χ3v) is 3.49. The number of amides is 1. The van der Waals surface area contributed by atoms with Gasteiger partial charge in [0.25, 0.3) is 5.91 Å². The predicted molar refractivity (Wildman–Crippen MR) is 74.1 cm³/mol. The number of hydrogen-bond donors (Lipinski definition) is 2. The van der Waals surface area contributed by atoms with Gasteiger partial charge in [-0.15, -0.1) is 0 Å². The van der Waals surface area contributed by atoms with Crippen LogP contribution >= 0.6 is 11.6 Å². The van der Waals surface area contributed by atoms with Crippen molar-refractivity contribution in [1.29, 1.82) is 0 Å². The Kier molecular flexibility index (Phi) is 4.63. The molecule has 0 saturated heterocycles. The highest BCUT2D eigenvalue weighted by Crippen LogP contribution is 2.25. The molecule has 0 radical (unpaired) electrons. The Balaban J connectivity index is 2.66. The fourth-order valence-corrected chi connectivity index (χ4v) is 1.51. The van der Waals surface area contributed by atoms with Crippen LogP contribution in [0.2, 0.25) is 5.02 Å². The fraction of sp³-hybridized carbons (Fsp3) is 0.500. The highest BCUT2D eigenvalue weighted by Gasteiger charge is 2.21. The molecule has 0 saturated carbocycles. The zero-order valence-corrected chi connectivity index (χ0v) is 12.0. The monoisotopic (exact) mass is 269 g/mol. The molecular formula is C14H20ClNO2. The van der Waals surface area contributed by atoms with E-state index in [2.05, 4.69) is 33.0 Å². The van der Waals surface area contributed by atoms with Gasteiger partial charge in [-0.05, 0) is 29.5 Å². The molecule has 0 heterocycles. The first-order valence-electron chi connectivity index (χ1n) is 5.98. The van der Waals surface area contributed by atoms with E-state index in [0.29, 0.717) is 17.5 Å². The molecule has 100 valence electrons. The number of rotatable bonds is 3. The van der Waals surface area contributed by atoms with Crippen molar-refractivity contribution >= 4 is 17.5 Å². The number of phenolic OH excluding ortho intramolecular Hbond substituents is 1. The molecule has 18 heavy (non-hydrogen) atoms. The van der Waals surface area contributed by atoms with Crippen molar-refractivity contribution in [2.75, 3.05) is 6.54 Å². The molecule has 1 amide bonds. The molecule has 2 N–H and O–H groups in total. The van der Waals surface area contributed by atoms with E-state index >= 15 is 0 Å². The second-order valence-electron chi connectivity index (χ2n) is 5.64. The molecule has 0 fully saturated rings. The van der Waals surface area contributed by atoms with E-state index in [0.717, 1.165) is 0 Å². The zero-order chi connectivity index (χ0) is 13.9. The second-order valence-corrected chi connectivity index (χ2v) is 6.08. The zero-order valence-electron chi connectivity index (χ0n) is 11.2. The fourth-order valence-electron chi connectivity index (χ4n) is 1.34. The summed E-state index contributed by atoms with van der Waals surface area (Å²) in [7, 11) is 0. The smallest absolute Gasteiger partial charge is 0.255 e. The van der Waals surface area contributed by atoms with Gasteiger partial charge in [0, 0.05) is 11.6 Å². The third-order valence-electron chi connectivity index (χ3n) is 3.25. The summed E-state index contributed by atoms with van der Waals surface area (Å²) >= 11 is 5.72. The number of hydrogen-bond acceptors (Lipinski definition) is 2. The molecule has 0 aliphatic rings. The molecule has 0 aliphatic heterocycles. The van der Waals surface area contributed by atoms with Crippen LogP contribution in [0.4, 0.5) is 0 Å². The Morgan fingerprint density at radius 1 is 1.44 bits per heavy atom. The molecular weight excluding hydrogens is 250 g/mol. The van der Waals surface area contributed by atoms with E-state index in [4.69, 9.17) is 11.6 Å². The molecule has 0 bridgehead atoms. The summed E-state index contributed by atoms with van der Waals surface area (Å²) in [5.74, 6) is -0.0282. The largest absolute Gasteiger partial charge is 0.507 e. The SMILES string of the molecule is CC(CNC(=O)c1ccc(Cl)cc1O)C(C)(C)C. The summed E-state index contributed by atoms with van der Waals surface area (Å²) in [5, 5.41) is 12.9. The molecule has 1 aromatic carbocycles. The minimum Gasteiger partial charge on any atom is -0.507 e. The van der Waals surface area contributed by atoms with Crippen molar-refractivity contribution in [1.82, 2.24) is 5.32 Å². The number of carbonyl (C=O) groups is 1. The Hall–Kier alpha value is -1.22. The first-order chi connectivity index (χ1) is 8.21. The van der Waals surface area contributed by atoms with Crippen molar-refractivity contribution < 1.29 is 9.90 Å². The van der Waals surface area contributed by atoms with Gasteiger partial charge >= 0.3 is 0 Å². The quantitative estimate of drug-likeness (QED) is 0.883. The lowest BCUT2D eigenvalue weighted by atomic mass is 9.82. The van der Waals surface area contributed by atoms with E-state index in [-0.39, 0.29) is 22.6 Å². The summed E-state index contributed by atoms with van der Waals surface area (Å²) in [6, 6.07) is 4.47. The summed E-state index contributed by atoms with van der Waals surface area (Å²) in [6.45, 7) is 9.04. The number of halogens is 1. The van der Waals surface area contributed by atoms with Gasteiger partial charge in [0.1, 0.15) is 5.75 Å². The van der Waals surface area contributed by atoms with Crippen LogP contribution in [0, 0.1) is 11.3 Å². The number of benzene rings is 1. The van der Waals surface area contributed by atoms with Crippen LogP contribution in [0.5, 0.6) is 5.75 Å². The molecule has 1 unspecified atom stereocenters. The van der Waals surface area contributed by atoms with Crippen molar-refractivity contribution in [3.05, 3.63) is 28.8 Å². The van der Waals surface area contributed by atoms with Gasteiger partial charge < -0.3 is 10.4 Å². The van der Waals surface area contributed by atoms with Gasteiger partial charge in [0.05, 0.1) is 5.56 Å². The Labute approximate surface area is 113 Å². The number of nitrogens with one attached hydrogen (secondary N) is 1. The van der Waals surface area contributed by atoms with Gasteiger partial charge in [-0.1, -0.05) is 39.3 Å². The Bertz CT molecular complexity index is 438. The van der Waals surface area contributed by atoms with Crippen molar-refractivity contribution in [2.24, 2.45) is 11.3 Å². The molecule has 1 aromatic rings. The topological polar surface area (TPSA) is 49.3 Å². The van der Waals surface area contributed by atoms with E-state index < -0.39 is 0 Å². The van der Waals surface area contributed by atoms with Gasteiger partial charge in [-0.2, -0.15) is 0 Å². The lowest BCUT2D eigenvalue weighted by Crippen LogP contribution is -2.33. The summed E-state index contributed by atoms with van der Waals surface area (Å²) in [5.41, 5.74) is 0.385. The molecule has 1 atom stereocenters. The van der Waals surface area contributed by atoms with Crippen LogP contribution in [-0.4, -0.2) is 17.6 Å². The van der Waals surface area contributed by atoms with E-state index in [1.54, 1.807) is 6.07 Å². The highest BCUT2D eigenvalue weighted by molar-refractivity contribution is 6.30. The summed E-state index contributed by atoms with van der Waals surface area (Å²) < 4.78 is 0. The summed E-state index contributed by atoms with van der Waals surface area (Å²) in [6.07, 6.45) is 0. The lowest BCUT2D eigenvalue weighted by Gasteiger charge is -2.27. The average molecular weight is 270 g/mol. The van der Waals surface area contributed by atoms with Crippen LogP contribution in [-0.2, 0) is 0 Å². The number of carbonyl (C=O) groups excluding carboxylic acids is 1. The molecule has 4 heteroatoms. The van der Waals surface area contributed by atoms with Crippen LogP contribution in [0.3, 0.4) is 0 Å². The molecule has 1 rings (SSSR count). The second kappa shape index (κ2) is 5.61. The maximum absolute atomic E-state index is 11.9. The van der Waals surface area contributed by atoms with Crippen LogP contribution in [0.15, 0.2) is 18.2 Å². The lowest BCUT2D eigenvalue weighted by molar-refractivity contribution is 0.0934.